The second kappa shape index (κ2) is 5.37. The Morgan fingerprint density at radius 3 is 2.76 bits per heavy atom. The van der Waals surface area contributed by atoms with E-state index >= 15 is 0 Å². The molecule has 0 bridgehead atoms. The van der Waals surface area contributed by atoms with Gasteiger partial charge in [-0.2, -0.15) is 0 Å². The molecule has 3 rings (SSSR count). The first-order valence-electron chi connectivity index (χ1n) is 6.22. The second-order valence-electron chi connectivity index (χ2n) is 4.55. The number of hydrogen-bond acceptors (Lipinski definition) is 3. The van der Waals surface area contributed by atoms with Crippen molar-refractivity contribution in [1.82, 2.24) is 0 Å². The number of carbonyl (C=O) groups is 1. The van der Waals surface area contributed by atoms with Gasteiger partial charge in [0.1, 0.15) is 5.82 Å². The van der Waals surface area contributed by atoms with E-state index in [-0.39, 0.29) is 18.5 Å². The number of anilines is 1. The molecular weight excluding hydrogens is 341 g/mol. The van der Waals surface area contributed by atoms with Crippen LogP contribution in [0.1, 0.15) is 15.9 Å². The van der Waals surface area contributed by atoms with Gasteiger partial charge in [-0.15, -0.1) is 0 Å². The van der Waals surface area contributed by atoms with Crippen LogP contribution in [0.2, 0.25) is 0 Å². The Kier molecular flexibility index (Phi) is 3.55. The molecule has 1 aliphatic heterocycles. The molecule has 1 N–H and O–H groups in total. The van der Waals surface area contributed by atoms with E-state index in [9.17, 15) is 9.18 Å². The Balaban J connectivity index is 1.91. The van der Waals surface area contributed by atoms with E-state index in [1.165, 1.54) is 6.07 Å². The molecule has 0 aromatic heterocycles. The van der Waals surface area contributed by atoms with Crippen molar-refractivity contribution in [3.05, 3.63) is 51.7 Å². The summed E-state index contributed by atoms with van der Waals surface area (Å²) < 4.78 is 24.6. The number of benzene rings is 2. The Bertz CT molecular complexity index is 733. The van der Waals surface area contributed by atoms with Crippen molar-refractivity contribution in [3.8, 4) is 11.5 Å². The van der Waals surface area contributed by atoms with Crippen LogP contribution in [-0.2, 0) is 0 Å². The first kappa shape index (κ1) is 13.9. The molecule has 6 heteroatoms. The third-order valence-corrected chi connectivity index (χ3v) is 3.88. The molecule has 2 aromatic rings. The molecule has 0 unspecified atom stereocenters. The fourth-order valence-corrected chi connectivity index (χ4v) is 2.53. The highest BCUT2D eigenvalue weighted by Gasteiger charge is 2.20. The quantitative estimate of drug-likeness (QED) is 0.893. The number of amides is 1. The lowest BCUT2D eigenvalue weighted by atomic mass is 10.1. The first-order valence-corrected chi connectivity index (χ1v) is 7.01. The summed E-state index contributed by atoms with van der Waals surface area (Å²) in [5.41, 5.74) is 1.22. The van der Waals surface area contributed by atoms with Gasteiger partial charge < -0.3 is 14.8 Å². The molecular formula is C15H11BrFNO3. The molecule has 1 heterocycles. The van der Waals surface area contributed by atoms with Crippen molar-refractivity contribution in [3.63, 3.8) is 0 Å². The standard InChI is InChI=1S/C15H11BrFNO3/c1-8-11(17)3-2-4-12(8)18-15(19)9-5-13-14(6-10(9)16)21-7-20-13/h2-6H,7H2,1H3,(H,18,19). The summed E-state index contributed by atoms with van der Waals surface area (Å²) in [6.45, 7) is 1.75. The highest BCUT2D eigenvalue weighted by atomic mass is 79.9. The molecule has 0 spiro atoms. The molecule has 2 aromatic carbocycles. The lowest BCUT2D eigenvalue weighted by Crippen LogP contribution is -2.13. The van der Waals surface area contributed by atoms with Gasteiger partial charge in [-0.25, -0.2) is 4.39 Å². The van der Waals surface area contributed by atoms with Crippen molar-refractivity contribution >= 4 is 27.5 Å². The molecule has 0 radical (unpaired) electrons. The van der Waals surface area contributed by atoms with E-state index in [4.69, 9.17) is 9.47 Å². The largest absolute Gasteiger partial charge is 0.454 e. The van der Waals surface area contributed by atoms with Crippen LogP contribution in [0.25, 0.3) is 0 Å². The van der Waals surface area contributed by atoms with Crippen molar-refractivity contribution in [1.29, 1.82) is 0 Å². The molecule has 21 heavy (non-hydrogen) atoms. The lowest BCUT2D eigenvalue weighted by molar-refractivity contribution is 0.102. The minimum atomic E-state index is -0.363. The van der Waals surface area contributed by atoms with Crippen LogP contribution in [0.5, 0.6) is 11.5 Å². The first-order chi connectivity index (χ1) is 10.1. The zero-order valence-electron chi connectivity index (χ0n) is 11.1. The van der Waals surface area contributed by atoms with Gasteiger partial charge in [-0.05, 0) is 47.1 Å². The topological polar surface area (TPSA) is 47.6 Å². The maximum Gasteiger partial charge on any atom is 0.256 e. The summed E-state index contributed by atoms with van der Waals surface area (Å²) in [6.07, 6.45) is 0. The Morgan fingerprint density at radius 2 is 2.00 bits per heavy atom. The van der Waals surface area contributed by atoms with Crippen molar-refractivity contribution in [2.45, 2.75) is 6.92 Å². The lowest BCUT2D eigenvalue weighted by Gasteiger charge is -2.10. The van der Waals surface area contributed by atoms with Crippen LogP contribution in [-0.4, -0.2) is 12.7 Å². The van der Waals surface area contributed by atoms with Crippen LogP contribution in [0, 0.1) is 12.7 Å². The Labute approximate surface area is 129 Å². The molecule has 0 saturated carbocycles. The number of fused-ring (bicyclic) bond motifs is 1. The fourth-order valence-electron chi connectivity index (χ4n) is 2.02. The number of halogens is 2. The molecule has 0 aliphatic carbocycles. The molecule has 0 saturated heterocycles. The van der Waals surface area contributed by atoms with E-state index in [0.29, 0.717) is 32.8 Å². The van der Waals surface area contributed by atoms with Crippen LogP contribution in [0.15, 0.2) is 34.8 Å². The van der Waals surface area contributed by atoms with Gasteiger partial charge in [0.2, 0.25) is 6.79 Å². The summed E-state index contributed by atoms with van der Waals surface area (Å²) in [5, 5.41) is 2.69. The average Bonchev–Trinajstić information content (AvgIpc) is 2.90. The van der Waals surface area contributed by atoms with E-state index in [2.05, 4.69) is 21.2 Å². The molecule has 4 nitrogen and oxygen atoms in total. The minimum absolute atomic E-state index is 0.135. The average molecular weight is 352 g/mol. The van der Waals surface area contributed by atoms with Crippen LogP contribution in [0.4, 0.5) is 10.1 Å². The molecule has 1 aliphatic rings. The third-order valence-electron chi connectivity index (χ3n) is 3.22. The van der Waals surface area contributed by atoms with E-state index in [1.54, 1.807) is 31.2 Å². The number of rotatable bonds is 2. The zero-order chi connectivity index (χ0) is 15.0. The number of ether oxygens (including phenoxy) is 2. The van der Waals surface area contributed by atoms with Crippen LogP contribution >= 0.6 is 15.9 Å². The second-order valence-corrected chi connectivity index (χ2v) is 5.41. The molecule has 1 amide bonds. The highest BCUT2D eigenvalue weighted by Crippen LogP contribution is 2.37. The van der Waals surface area contributed by atoms with Gasteiger partial charge in [-0.3, -0.25) is 4.79 Å². The van der Waals surface area contributed by atoms with Crippen LogP contribution in [0.3, 0.4) is 0 Å². The van der Waals surface area contributed by atoms with Gasteiger partial charge in [0.15, 0.2) is 11.5 Å². The minimum Gasteiger partial charge on any atom is -0.454 e. The Morgan fingerprint density at radius 1 is 1.29 bits per heavy atom. The van der Waals surface area contributed by atoms with E-state index in [0.717, 1.165) is 0 Å². The maximum atomic E-state index is 13.5. The third kappa shape index (κ3) is 2.58. The van der Waals surface area contributed by atoms with E-state index < -0.39 is 0 Å². The zero-order valence-corrected chi connectivity index (χ0v) is 12.7. The SMILES string of the molecule is Cc1c(F)cccc1NC(=O)c1cc2c(cc1Br)OCO2. The summed E-state index contributed by atoms with van der Waals surface area (Å²) >= 11 is 3.33. The van der Waals surface area contributed by atoms with Gasteiger partial charge in [0.25, 0.3) is 5.91 Å². The monoisotopic (exact) mass is 351 g/mol. The summed E-state index contributed by atoms with van der Waals surface area (Å²) in [4.78, 5) is 12.3. The van der Waals surface area contributed by atoms with Crippen molar-refractivity contribution in [2.75, 3.05) is 12.1 Å². The fraction of sp³-hybridized carbons (Fsp3) is 0.133. The summed E-state index contributed by atoms with van der Waals surface area (Å²) in [7, 11) is 0. The highest BCUT2D eigenvalue weighted by molar-refractivity contribution is 9.10. The van der Waals surface area contributed by atoms with Gasteiger partial charge in [0.05, 0.1) is 5.56 Å². The van der Waals surface area contributed by atoms with E-state index in [1.807, 2.05) is 0 Å². The Hall–Kier alpha value is -2.08. The smallest absolute Gasteiger partial charge is 0.256 e. The molecule has 0 fully saturated rings. The predicted octanol–water partition coefficient (Wildman–Crippen LogP) is 3.88. The summed E-state index contributed by atoms with van der Waals surface area (Å²) in [6, 6.07) is 7.82. The van der Waals surface area contributed by atoms with Gasteiger partial charge in [-0.1, -0.05) is 6.07 Å². The van der Waals surface area contributed by atoms with Gasteiger partial charge >= 0.3 is 0 Å². The maximum absolute atomic E-state index is 13.5. The van der Waals surface area contributed by atoms with Crippen molar-refractivity contribution < 1.29 is 18.7 Å². The van der Waals surface area contributed by atoms with Gasteiger partial charge in [0, 0.05) is 15.7 Å². The predicted molar refractivity (Wildman–Crippen MR) is 79.4 cm³/mol. The molecule has 0 atom stereocenters. The summed E-state index contributed by atoms with van der Waals surface area (Å²) in [5.74, 6) is 0.381. The van der Waals surface area contributed by atoms with Crippen molar-refractivity contribution in [2.24, 2.45) is 0 Å². The number of carbonyl (C=O) groups excluding carboxylic acids is 1. The molecule has 108 valence electrons. The van der Waals surface area contributed by atoms with Crippen LogP contribution < -0.4 is 14.8 Å². The number of nitrogens with one attached hydrogen (secondary N) is 1. The number of hydrogen-bond donors (Lipinski definition) is 1. The normalized spacial score (nSPS) is 12.3.